The third kappa shape index (κ3) is 3.84. The van der Waals surface area contributed by atoms with Crippen LogP contribution in [0.15, 0.2) is 0 Å². The van der Waals surface area contributed by atoms with E-state index in [-0.39, 0.29) is 0 Å². The van der Waals surface area contributed by atoms with E-state index in [1.54, 1.807) is 0 Å². The highest BCUT2D eigenvalue weighted by Gasteiger charge is 2.50. The molecule has 0 N–H and O–H groups in total. The molecular weight excluding hydrogens is 294 g/mol. The minimum absolute atomic E-state index is 0.837. The van der Waals surface area contributed by atoms with Gasteiger partial charge in [0, 0.05) is 0 Å². The van der Waals surface area contributed by atoms with Gasteiger partial charge in [0.1, 0.15) is 0 Å². The minimum Gasteiger partial charge on any atom is -0.346 e. The van der Waals surface area contributed by atoms with Gasteiger partial charge in [-0.15, -0.1) is 0 Å². The van der Waals surface area contributed by atoms with Gasteiger partial charge in [-0.2, -0.15) is 0 Å². The van der Waals surface area contributed by atoms with Crippen LogP contribution in [0, 0.1) is 0 Å². The zero-order valence-corrected chi connectivity index (χ0v) is 18.9. The van der Waals surface area contributed by atoms with Crippen molar-refractivity contribution in [3.63, 3.8) is 0 Å². The van der Waals surface area contributed by atoms with Crippen LogP contribution in [0.3, 0.4) is 0 Å². The summed E-state index contributed by atoms with van der Waals surface area (Å²) in [5, 5.41) is 0. The lowest BCUT2D eigenvalue weighted by molar-refractivity contribution is 0.433. The SMILES string of the molecule is CCN(CC)[Si](C)(C)N([SiH](C)C)[Si](CC)(CC)N(C)C. The maximum atomic E-state index is 3.13. The van der Waals surface area contributed by atoms with Crippen molar-refractivity contribution in [2.24, 2.45) is 0 Å². The van der Waals surface area contributed by atoms with Crippen molar-refractivity contribution in [2.75, 3.05) is 27.2 Å². The fourth-order valence-corrected chi connectivity index (χ4v) is 26.2. The van der Waals surface area contributed by atoms with Gasteiger partial charge in [0.15, 0.2) is 16.8 Å². The van der Waals surface area contributed by atoms with Gasteiger partial charge in [0.05, 0.1) is 8.96 Å². The fourth-order valence-electron chi connectivity index (χ4n) is 4.21. The van der Waals surface area contributed by atoms with E-state index in [0.717, 1.165) is 0 Å². The highest BCUT2D eigenvalue weighted by molar-refractivity contribution is 6.98. The summed E-state index contributed by atoms with van der Waals surface area (Å²) < 4.78 is 8.53. The molecule has 0 aromatic carbocycles. The van der Waals surface area contributed by atoms with Gasteiger partial charge < -0.3 is 13.0 Å². The molecule has 0 heterocycles. The Hall–Kier alpha value is 0.531. The van der Waals surface area contributed by atoms with Gasteiger partial charge in [0.25, 0.3) is 0 Å². The average Bonchev–Trinajstić information content (AvgIpc) is 2.35. The fraction of sp³-hybridized carbons (Fsp3) is 1.00. The van der Waals surface area contributed by atoms with Crippen molar-refractivity contribution in [3.05, 3.63) is 0 Å². The van der Waals surface area contributed by atoms with Crippen molar-refractivity contribution in [3.8, 4) is 0 Å². The zero-order chi connectivity index (χ0) is 16.1. The molecule has 0 bridgehead atoms. The molecule has 0 aliphatic heterocycles. The van der Waals surface area contributed by atoms with Gasteiger partial charge in [-0.25, -0.2) is 0 Å². The highest BCUT2D eigenvalue weighted by Crippen LogP contribution is 2.31. The smallest absolute Gasteiger partial charge is 0.193 e. The third-order valence-electron chi connectivity index (χ3n) is 5.06. The Labute approximate surface area is 132 Å². The Bertz CT molecular complexity index is 275. The summed E-state index contributed by atoms with van der Waals surface area (Å²) in [4.78, 5) is 0. The monoisotopic (exact) mass is 333 g/mol. The van der Waals surface area contributed by atoms with Crippen LogP contribution >= 0.6 is 0 Å². The van der Waals surface area contributed by atoms with E-state index < -0.39 is 25.8 Å². The van der Waals surface area contributed by atoms with Crippen molar-refractivity contribution < 1.29 is 0 Å². The van der Waals surface area contributed by atoms with Gasteiger partial charge in [-0.1, -0.05) is 40.8 Å². The summed E-state index contributed by atoms with van der Waals surface area (Å²) in [5.74, 6) is 0. The van der Waals surface area contributed by atoms with Crippen molar-refractivity contribution >= 4 is 25.8 Å². The zero-order valence-electron chi connectivity index (χ0n) is 15.7. The Kier molecular flexibility index (Phi) is 8.46. The maximum absolute atomic E-state index is 3.13. The van der Waals surface area contributed by atoms with Crippen LogP contribution in [-0.2, 0) is 0 Å². The molecule has 0 radical (unpaired) electrons. The van der Waals surface area contributed by atoms with E-state index in [1.165, 1.54) is 25.2 Å². The lowest BCUT2D eigenvalue weighted by Crippen LogP contribution is -2.77. The Morgan fingerprint density at radius 2 is 1.25 bits per heavy atom. The molecule has 0 unspecified atom stereocenters. The molecule has 0 aromatic heterocycles. The van der Waals surface area contributed by atoms with Gasteiger partial charge in [-0.3, -0.25) is 0 Å². The van der Waals surface area contributed by atoms with Crippen LogP contribution < -0.4 is 0 Å². The largest absolute Gasteiger partial charge is 0.346 e. The van der Waals surface area contributed by atoms with Gasteiger partial charge in [0.2, 0.25) is 0 Å². The quantitative estimate of drug-likeness (QED) is 0.599. The second-order valence-electron chi connectivity index (χ2n) is 6.71. The normalized spacial score (nSPS) is 14.1. The van der Waals surface area contributed by atoms with Crippen LogP contribution in [0.25, 0.3) is 0 Å². The molecule has 0 rings (SSSR count). The second-order valence-corrected chi connectivity index (χ2v) is 19.8. The molecule has 6 heteroatoms. The molecule has 0 aliphatic carbocycles. The summed E-state index contributed by atoms with van der Waals surface area (Å²) in [5.41, 5.74) is 0. The molecule has 20 heavy (non-hydrogen) atoms. The van der Waals surface area contributed by atoms with Gasteiger partial charge in [-0.05, 0) is 52.4 Å². The molecule has 0 aliphatic rings. The summed E-state index contributed by atoms with van der Waals surface area (Å²) >= 11 is 0. The molecule has 0 aromatic rings. The Morgan fingerprint density at radius 3 is 1.45 bits per heavy atom. The highest BCUT2D eigenvalue weighted by atomic mass is 28.5. The van der Waals surface area contributed by atoms with Crippen molar-refractivity contribution in [2.45, 2.75) is 66.0 Å². The van der Waals surface area contributed by atoms with Crippen LogP contribution in [0.1, 0.15) is 27.7 Å². The van der Waals surface area contributed by atoms with Crippen LogP contribution in [0.5, 0.6) is 0 Å². The van der Waals surface area contributed by atoms with E-state index in [1.807, 2.05) is 0 Å². The number of rotatable bonds is 9. The van der Waals surface area contributed by atoms with E-state index in [9.17, 15) is 0 Å². The number of nitrogens with zero attached hydrogens (tertiary/aromatic N) is 3. The molecule has 3 nitrogen and oxygen atoms in total. The first-order valence-electron chi connectivity index (χ1n) is 8.37. The summed E-state index contributed by atoms with van der Waals surface area (Å²) in [7, 11) is 0.808. The summed E-state index contributed by atoms with van der Waals surface area (Å²) in [6, 6.07) is 2.69. The van der Waals surface area contributed by atoms with E-state index >= 15 is 0 Å². The van der Waals surface area contributed by atoms with Crippen molar-refractivity contribution in [1.29, 1.82) is 0 Å². The Morgan fingerprint density at radius 1 is 0.850 bits per heavy atom. The second kappa shape index (κ2) is 8.24. The first kappa shape index (κ1) is 20.5. The number of hydrogen-bond acceptors (Lipinski definition) is 3. The first-order valence-corrected chi connectivity index (χ1v) is 16.4. The maximum Gasteiger partial charge on any atom is 0.193 e. The standard InChI is InChI=1S/C14H39N3Si3/c1-11-16(12-2)19(9,10)17(18(7)8)20(13-3,14-4)15(5)6/h18H,11-14H2,1-10H3. The molecule has 0 atom stereocenters. The first-order chi connectivity index (χ1) is 9.15. The summed E-state index contributed by atoms with van der Waals surface area (Å²) in [6.45, 7) is 22.1. The molecule has 0 saturated heterocycles. The third-order valence-corrected chi connectivity index (χ3v) is 23.6. The number of hydrogen-bond donors (Lipinski definition) is 0. The van der Waals surface area contributed by atoms with Crippen molar-refractivity contribution in [1.82, 2.24) is 13.0 Å². The van der Waals surface area contributed by atoms with E-state index in [4.69, 9.17) is 0 Å². The van der Waals surface area contributed by atoms with Gasteiger partial charge >= 0.3 is 0 Å². The average molecular weight is 334 g/mol. The molecule has 122 valence electrons. The molecule has 0 saturated carbocycles. The molecule has 0 fully saturated rings. The predicted molar refractivity (Wildman–Crippen MR) is 102 cm³/mol. The molecule has 0 amide bonds. The topological polar surface area (TPSA) is 9.72 Å². The van der Waals surface area contributed by atoms with E-state index in [0.29, 0.717) is 0 Å². The Balaban J connectivity index is 5.85. The molecule has 0 spiro atoms. The lowest BCUT2D eigenvalue weighted by atomic mass is 10.7. The minimum atomic E-state index is -1.52. The summed E-state index contributed by atoms with van der Waals surface area (Å²) in [6.07, 6.45) is 0. The van der Waals surface area contributed by atoms with Crippen LogP contribution in [0.2, 0.25) is 38.3 Å². The predicted octanol–water partition coefficient (Wildman–Crippen LogP) is 3.36. The molecular formula is C14H39N3Si3. The van der Waals surface area contributed by atoms with Crippen LogP contribution in [0.4, 0.5) is 0 Å². The lowest BCUT2D eigenvalue weighted by Gasteiger charge is -2.57. The van der Waals surface area contributed by atoms with Crippen LogP contribution in [-0.4, -0.2) is 66.0 Å². The van der Waals surface area contributed by atoms with E-state index in [2.05, 4.69) is 81.0 Å².